The van der Waals surface area contributed by atoms with Crippen LogP contribution in [0.2, 0.25) is 0 Å². The van der Waals surface area contributed by atoms with Crippen molar-refractivity contribution >= 4 is 11.8 Å². The van der Waals surface area contributed by atoms with Gasteiger partial charge in [-0.1, -0.05) is 54.0 Å². The molecule has 0 amide bonds. The number of fused-ring (bicyclic) bond motifs is 7. The number of allylic oxidation sites excluding steroid dienone is 4. The summed E-state index contributed by atoms with van der Waals surface area (Å²) in [6.45, 7) is 15.6. The molecule has 37 heavy (non-hydrogen) atoms. The lowest BCUT2D eigenvalue weighted by molar-refractivity contribution is -0.192. The summed E-state index contributed by atoms with van der Waals surface area (Å²) in [6, 6.07) is 2.29. The number of nitrogens with zero attached hydrogens (tertiary/aromatic N) is 1. The van der Waals surface area contributed by atoms with Gasteiger partial charge in [-0.05, 0) is 90.9 Å². The summed E-state index contributed by atoms with van der Waals surface area (Å²) in [7, 11) is 1.49. The van der Waals surface area contributed by atoms with Crippen molar-refractivity contribution in [3.05, 3.63) is 23.0 Å². The molecule has 0 bridgehead atoms. The maximum absolute atomic E-state index is 14.4. The van der Waals surface area contributed by atoms with Gasteiger partial charge in [0.15, 0.2) is 5.78 Å². The van der Waals surface area contributed by atoms with Gasteiger partial charge in [0.05, 0.1) is 24.2 Å². The molecule has 5 heteroatoms. The molecule has 3 unspecified atom stereocenters. The molecule has 3 fully saturated rings. The second-order valence-electron chi connectivity index (χ2n) is 15.2. The van der Waals surface area contributed by atoms with Gasteiger partial charge in [-0.3, -0.25) is 9.59 Å². The molecule has 0 saturated heterocycles. The van der Waals surface area contributed by atoms with E-state index in [9.17, 15) is 20.0 Å². The molecule has 0 aromatic rings. The van der Waals surface area contributed by atoms with Gasteiger partial charge in [0, 0.05) is 11.3 Å². The molecule has 5 rings (SSSR count). The van der Waals surface area contributed by atoms with Crippen molar-refractivity contribution in [3.63, 3.8) is 0 Å². The number of carbonyl (C=O) groups excluding carboxylic acids is 2. The number of hydrogen-bond acceptors (Lipinski definition) is 5. The first-order chi connectivity index (χ1) is 17.0. The first-order valence-electron chi connectivity index (χ1n) is 14.2. The molecule has 5 nitrogen and oxygen atoms in total. The molecule has 7 atom stereocenters. The SMILES string of the molecule is COC(=O)[C@]12CCC(C)(C)CC1C1C(=O)C=C3[C@@]4(C)CC(C#N)=C(O)C(C)(C)C4CC[C@@]3(C)[C@]1(C)CC2. The van der Waals surface area contributed by atoms with Crippen LogP contribution in [0.1, 0.15) is 99.8 Å². The third-order valence-corrected chi connectivity index (χ3v) is 12.7. The Morgan fingerprint density at radius 2 is 1.70 bits per heavy atom. The first kappa shape index (κ1) is 26.5. The minimum atomic E-state index is -0.581. The maximum atomic E-state index is 14.4. The highest BCUT2D eigenvalue weighted by atomic mass is 16.5. The molecule has 3 saturated carbocycles. The Kier molecular flexibility index (Phi) is 5.54. The van der Waals surface area contributed by atoms with Gasteiger partial charge in [0.2, 0.25) is 0 Å². The fraction of sp³-hybridized carbons (Fsp3) is 0.781. The minimum Gasteiger partial charge on any atom is -0.511 e. The predicted octanol–water partition coefficient (Wildman–Crippen LogP) is 7.09. The van der Waals surface area contributed by atoms with Crippen LogP contribution in [0.25, 0.3) is 0 Å². The van der Waals surface area contributed by atoms with Gasteiger partial charge >= 0.3 is 5.97 Å². The van der Waals surface area contributed by atoms with E-state index < -0.39 is 10.8 Å². The van der Waals surface area contributed by atoms with E-state index in [0.29, 0.717) is 12.0 Å². The van der Waals surface area contributed by atoms with Crippen LogP contribution in [-0.2, 0) is 14.3 Å². The molecule has 5 aliphatic rings. The van der Waals surface area contributed by atoms with E-state index in [-0.39, 0.29) is 56.9 Å². The zero-order valence-corrected chi connectivity index (χ0v) is 24.1. The van der Waals surface area contributed by atoms with Crippen LogP contribution in [0, 0.1) is 61.6 Å². The topological polar surface area (TPSA) is 87.4 Å². The van der Waals surface area contributed by atoms with Crippen LogP contribution >= 0.6 is 0 Å². The number of aliphatic hydroxyl groups is 1. The van der Waals surface area contributed by atoms with Crippen molar-refractivity contribution in [3.8, 4) is 6.07 Å². The average molecular weight is 508 g/mol. The smallest absolute Gasteiger partial charge is 0.312 e. The third kappa shape index (κ3) is 3.14. The van der Waals surface area contributed by atoms with Crippen molar-refractivity contribution in [2.24, 2.45) is 50.2 Å². The van der Waals surface area contributed by atoms with E-state index in [1.807, 2.05) is 6.08 Å². The molecule has 0 heterocycles. The molecule has 0 radical (unpaired) electrons. The van der Waals surface area contributed by atoms with Gasteiger partial charge in [0.1, 0.15) is 5.76 Å². The average Bonchev–Trinajstić information content (AvgIpc) is 2.82. The van der Waals surface area contributed by atoms with Crippen molar-refractivity contribution in [2.45, 2.75) is 99.8 Å². The number of hydrogen-bond donors (Lipinski definition) is 1. The highest BCUT2D eigenvalue weighted by Gasteiger charge is 2.71. The van der Waals surface area contributed by atoms with E-state index in [1.54, 1.807) is 0 Å². The highest BCUT2D eigenvalue weighted by molar-refractivity contribution is 5.96. The van der Waals surface area contributed by atoms with Crippen LogP contribution in [-0.4, -0.2) is 24.0 Å². The summed E-state index contributed by atoms with van der Waals surface area (Å²) in [5.41, 5.74) is -0.275. The van der Waals surface area contributed by atoms with E-state index in [2.05, 4.69) is 54.5 Å². The Morgan fingerprint density at radius 3 is 2.32 bits per heavy atom. The largest absolute Gasteiger partial charge is 0.511 e. The van der Waals surface area contributed by atoms with Crippen molar-refractivity contribution in [2.75, 3.05) is 7.11 Å². The Bertz CT molecular complexity index is 1170. The Labute approximate surface area is 222 Å². The maximum Gasteiger partial charge on any atom is 0.312 e. The van der Waals surface area contributed by atoms with E-state index in [1.165, 1.54) is 12.7 Å². The van der Waals surface area contributed by atoms with E-state index in [0.717, 1.165) is 44.9 Å². The van der Waals surface area contributed by atoms with Crippen LogP contribution in [0.3, 0.4) is 0 Å². The van der Waals surface area contributed by atoms with E-state index in [4.69, 9.17) is 4.74 Å². The number of nitriles is 1. The molecule has 0 aliphatic heterocycles. The summed E-state index contributed by atoms with van der Waals surface area (Å²) in [6.07, 6.45) is 8.50. The number of ketones is 1. The Hall–Kier alpha value is -2.09. The normalized spacial score (nSPS) is 45.9. The van der Waals surface area contributed by atoms with Gasteiger partial charge in [-0.15, -0.1) is 0 Å². The molecule has 5 aliphatic carbocycles. The molecular formula is C32H45NO4. The quantitative estimate of drug-likeness (QED) is 0.383. The van der Waals surface area contributed by atoms with Crippen LogP contribution in [0.5, 0.6) is 0 Å². The van der Waals surface area contributed by atoms with Crippen LogP contribution in [0.4, 0.5) is 0 Å². The summed E-state index contributed by atoms with van der Waals surface area (Å²) < 4.78 is 5.42. The highest BCUT2D eigenvalue weighted by Crippen LogP contribution is 2.75. The summed E-state index contributed by atoms with van der Waals surface area (Å²) in [4.78, 5) is 27.8. The lowest BCUT2D eigenvalue weighted by atomic mass is 9.34. The number of carbonyl (C=O) groups is 2. The van der Waals surface area contributed by atoms with E-state index >= 15 is 0 Å². The lowest BCUT2D eigenvalue weighted by Gasteiger charge is -2.69. The first-order valence-corrected chi connectivity index (χ1v) is 14.2. The van der Waals surface area contributed by atoms with Crippen LogP contribution < -0.4 is 0 Å². The van der Waals surface area contributed by atoms with Gasteiger partial charge < -0.3 is 9.84 Å². The zero-order chi connectivity index (χ0) is 27.4. The van der Waals surface area contributed by atoms with Gasteiger partial charge in [-0.2, -0.15) is 5.26 Å². The minimum absolute atomic E-state index is 0.0310. The fourth-order valence-corrected chi connectivity index (χ4v) is 10.5. The summed E-state index contributed by atoms with van der Waals surface area (Å²) >= 11 is 0. The molecular weight excluding hydrogens is 462 g/mol. The Morgan fingerprint density at radius 1 is 1.05 bits per heavy atom. The van der Waals surface area contributed by atoms with Crippen molar-refractivity contribution < 1.29 is 19.4 Å². The fourth-order valence-electron chi connectivity index (χ4n) is 10.5. The summed E-state index contributed by atoms with van der Waals surface area (Å²) in [5, 5.41) is 20.9. The number of esters is 1. The van der Waals surface area contributed by atoms with Crippen LogP contribution in [0.15, 0.2) is 23.0 Å². The molecule has 0 aromatic heterocycles. The van der Waals surface area contributed by atoms with Gasteiger partial charge in [0.25, 0.3) is 0 Å². The second-order valence-corrected chi connectivity index (χ2v) is 15.2. The zero-order valence-electron chi connectivity index (χ0n) is 24.1. The van der Waals surface area contributed by atoms with Gasteiger partial charge in [-0.25, -0.2) is 0 Å². The monoisotopic (exact) mass is 507 g/mol. The number of ether oxygens (including phenoxy) is 1. The predicted molar refractivity (Wildman–Crippen MR) is 142 cm³/mol. The lowest BCUT2D eigenvalue weighted by Crippen LogP contribution is -2.65. The molecule has 202 valence electrons. The molecule has 1 N–H and O–H groups in total. The number of methoxy groups -OCH3 is 1. The molecule has 0 spiro atoms. The van der Waals surface area contributed by atoms with Crippen molar-refractivity contribution in [1.29, 1.82) is 5.26 Å². The second kappa shape index (κ2) is 7.73. The Balaban J connectivity index is 1.68. The third-order valence-electron chi connectivity index (χ3n) is 12.7. The summed E-state index contributed by atoms with van der Waals surface area (Å²) in [5.74, 6) is 0.143. The number of rotatable bonds is 1. The standard InChI is InChI=1S/C32H45NO4/c1-27(2)11-13-32(26(36)37-8)14-12-31(7)24(20(32)17-27)21(34)15-23-29(5)16-19(18-33)25(35)28(3,4)22(29)9-10-30(23,31)6/h15,20,22,24,35H,9-14,16-17H2,1-8H3/t20?,22?,24?,29-,30+,31+,32-/m0/s1. The van der Waals surface area contributed by atoms with Crippen molar-refractivity contribution in [1.82, 2.24) is 0 Å². The molecule has 0 aromatic carbocycles. The number of aliphatic hydroxyl groups excluding tert-OH is 1.